The Morgan fingerprint density at radius 1 is 1.18 bits per heavy atom. The summed E-state index contributed by atoms with van der Waals surface area (Å²) < 4.78 is 40.5. The Morgan fingerprint density at radius 3 is 2.64 bits per heavy atom. The normalized spacial score (nSPS) is 18.2. The summed E-state index contributed by atoms with van der Waals surface area (Å²) in [4.78, 5) is 21.7. The van der Waals surface area contributed by atoms with Gasteiger partial charge in [-0.05, 0) is 12.5 Å². The molecule has 7 nitrogen and oxygen atoms in total. The number of alkyl halides is 3. The average molecular weight is 390 g/mol. The summed E-state index contributed by atoms with van der Waals surface area (Å²) in [6.07, 6.45) is -4.50. The maximum Gasteiger partial charge on any atom is 0.453 e. The topological polar surface area (TPSA) is 75.4 Å². The van der Waals surface area contributed by atoms with Crippen molar-refractivity contribution < 1.29 is 18.0 Å². The molecule has 4 rings (SSSR count). The lowest BCUT2D eigenvalue weighted by molar-refractivity contribution is -0.144. The van der Waals surface area contributed by atoms with E-state index >= 15 is 0 Å². The zero-order chi connectivity index (χ0) is 19.9. The monoisotopic (exact) mass is 390 g/mol. The minimum absolute atomic E-state index is 0.118. The summed E-state index contributed by atoms with van der Waals surface area (Å²) in [6, 6.07) is 10.7. The fourth-order valence-corrected chi connectivity index (χ4v) is 3.37. The molecule has 1 saturated heterocycles. The molecule has 0 aliphatic carbocycles. The highest BCUT2D eigenvalue weighted by atomic mass is 19.4. The smallest absolute Gasteiger partial charge is 0.354 e. The summed E-state index contributed by atoms with van der Waals surface area (Å²) >= 11 is 0. The van der Waals surface area contributed by atoms with Gasteiger partial charge in [0.2, 0.25) is 5.91 Å². The van der Waals surface area contributed by atoms with Crippen molar-refractivity contribution in [3.8, 4) is 0 Å². The lowest BCUT2D eigenvalue weighted by Crippen LogP contribution is -2.32. The number of carbonyl (C=O) groups excluding carboxylic acids is 1. The average Bonchev–Trinajstić information content (AvgIpc) is 2.99. The Morgan fingerprint density at radius 2 is 1.93 bits per heavy atom. The van der Waals surface area contributed by atoms with Crippen LogP contribution in [0.5, 0.6) is 0 Å². The van der Waals surface area contributed by atoms with Crippen molar-refractivity contribution in [2.45, 2.75) is 25.6 Å². The van der Waals surface area contributed by atoms with Gasteiger partial charge in [0.15, 0.2) is 0 Å². The molecule has 1 aliphatic heterocycles. The second kappa shape index (κ2) is 6.77. The number of benzene rings is 1. The van der Waals surface area contributed by atoms with Gasteiger partial charge in [-0.25, -0.2) is 4.98 Å². The van der Waals surface area contributed by atoms with Crippen molar-refractivity contribution in [3.05, 3.63) is 53.5 Å². The molecule has 1 N–H and O–H groups in total. The number of rotatable bonds is 2. The second-order valence-corrected chi connectivity index (χ2v) is 6.57. The molecule has 0 radical (unpaired) electrons. The van der Waals surface area contributed by atoms with Gasteiger partial charge in [-0.3, -0.25) is 4.79 Å². The maximum atomic E-state index is 13.1. The Labute approximate surface area is 158 Å². The molecule has 28 heavy (non-hydrogen) atoms. The molecule has 146 valence electrons. The van der Waals surface area contributed by atoms with Crippen molar-refractivity contribution in [3.63, 3.8) is 0 Å². The van der Waals surface area contributed by atoms with E-state index in [1.807, 2.05) is 35.2 Å². The Bertz CT molecular complexity index is 1020. The van der Waals surface area contributed by atoms with E-state index in [2.05, 4.69) is 20.4 Å². The number of aromatic nitrogens is 4. The van der Waals surface area contributed by atoms with E-state index in [1.54, 1.807) is 13.0 Å². The van der Waals surface area contributed by atoms with Crippen molar-refractivity contribution >= 4 is 17.5 Å². The van der Waals surface area contributed by atoms with Crippen LogP contribution in [0.1, 0.15) is 29.5 Å². The van der Waals surface area contributed by atoms with Gasteiger partial charge >= 0.3 is 6.18 Å². The molecule has 1 aliphatic rings. The highest BCUT2D eigenvalue weighted by Crippen LogP contribution is 2.32. The first-order valence-electron chi connectivity index (χ1n) is 8.73. The second-order valence-electron chi connectivity index (χ2n) is 6.57. The predicted octanol–water partition coefficient (Wildman–Crippen LogP) is 2.52. The molecule has 3 aromatic rings. The molecule has 3 heterocycles. The third-order valence-corrected chi connectivity index (χ3v) is 4.58. The number of carbonyl (C=O) groups is 1. The zero-order valence-electron chi connectivity index (χ0n) is 14.9. The SMILES string of the molecule is Cc1cc(N2CCNC(=O)CC2c2ccccc2)n2nc(C(F)(F)F)nc2n1. The Hall–Kier alpha value is -3.17. The van der Waals surface area contributed by atoms with E-state index in [1.165, 1.54) is 0 Å². The van der Waals surface area contributed by atoms with Crippen LogP contribution in [0.25, 0.3) is 5.78 Å². The van der Waals surface area contributed by atoms with Crippen LogP contribution in [0.15, 0.2) is 36.4 Å². The first-order chi connectivity index (χ1) is 13.3. The van der Waals surface area contributed by atoms with Crippen LogP contribution in [0.4, 0.5) is 19.0 Å². The van der Waals surface area contributed by atoms with Gasteiger partial charge in [-0.2, -0.15) is 22.7 Å². The van der Waals surface area contributed by atoms with Crippen LogP contribution in [-0.2, 0) is 11.0 Å². The molecule has 1 amide bonds. The molecular formula is C18H17F3N6O. The molecule has 0 bridgehead atoms. The van der Waals surface area contributed by atoms with Crippen LogP contribution in [-0.4, -0.2) is 38.6 Å². The van der Waals surface area contributed by atoms with E-state index in [0.29, 0.717) is 24.6 Å². The summed E-state index contributed by atoms with van der Waals surface area (Å²) in [5, 5.41) is 6.46. The fraction of sp³-hybridized carbons (Fsp3) is 0.333. The van der Waals surface area contributed by atoms with E-state index in [4.69, 9.17) is 0 Å². The van der Waals surface area contributed by atoms with E-state index < -0.39 is 12.0 Å². The standard InChI is InChI=1S/C18H17F3N6O/c1-11-9-15(27-17(23-11)24-16(25-27)18(19,20)21)26-8-7-22-14(28)10-13(26)12-5-3-2-4-6-12/h2-6,9,13H,7-8,10H2,1H3,(H,22,28). The maximum absolute atomic E-state index is 13.1. The molecular weight excluding hydrogens is 373 g/mol. The van der Waals surface area contributed by atoms with Crippen LogP contribution < -0.4 is 10.2 Å². The van der Waals surface area contributed by atoms with Crippen molar-refractivity contribution in [1.29, 1.82) is 0 Å². The lowest BCUT2D eigenvalue weighted by atomic mass is 10.0. The summed E-state index contributed by atoms with van der Waals surface area (Å²) in [5.41, 5.74) is 1.40. The summed E-state index contributed by atoms with van der Waals surface area (Å²) in [6.45, 7) is 2.46. The molecule has 1 aromatic carbocycles. The highest BCUT2D eigenvalue weighted by Gasteiger charge is 2.37. The number of aryl methyl sites for hydroxylation is 1. The number of hydrogen-bond acceptors (Lipinski definition) is 5. The van der Waals surface area contributed by atoms with Crippen LogP contribution in [0.2, 0.25) is 0 Å². The van der Waals surface area contributed by atoms with Gasteiger partial charge in [-0.15, -0.1) is 5.10 Å². The largest absolute Gasteiger partial charge is 0.453 e. The van der Waals surface area contributed by atoms with Crippen LogP contribution >= 0.6 is 0 Å². The number of nitrogens with zero attached hydrogens (tertiary/aromatic N) is 5. The van der Waals surface area contributed by atoms with E-state index in [-0.39, 0.29) is 24.1 Å². The van der Waals surface area contributed by atoms with Gasteiger partial charge in [0.25, 0.3) is 11.6 Å². The number of amides is 1. The molecule has 0 spiro atoms. The fourth-order valence-electron chi connectivity index (χ4n) is 3.37. The molecule has 0 saturated carbocycles. The number of nitrogens with one attached hydrogen (secondary N) is 1. The van der Waals surface area contributed by atoms with Gasteiger partial charge in [0.1, 0.15) is 5.82 Å². The van der Waals surface area contributed by atoms with Gasteiger partial charge in [0, 0.05) is 24.8 Å². The molecule has 1 unspecified atom stereocenters. The Kier molecular flexibility index (Phi) is 4.40. The number of hydrogen-bond donors (Lipinski definition) is 1. The minimum Gasteiger partial charge on any atom is -0.354 e. The number of halogens is 3. The molecule has 2 aromatic heterocycles. The third kappa shape index (κ3) is 3.37. The first-order valence-corrected chi connectivity index (χ1v) is 8.73. The predicted molar refractivity (Wildman–Crippen MR) is 94.7 cm³/mol. The quantitative estimate of drug-likeness (QED) is 0.728. The first kappa shape index (κ1) is 18.2. The Balaban J connectivity index is 1.88. The number of anilines is 1. The number of fused-ring (bicyclic) bond motifs is 1. The third-order valence-electron chi connectivity index (χ3n) is 4.58. The lowest BCUT2D eigenvalue weighted by Gasteiger charge is -2.31. The van der Waals surface area contributed by atoms with E-state index in [9.17, 15) is 18.0 Å². The van der Waals surface area contributed by atoms with E-state index in [0.717, 1.165) is 10.1 Å². The van der Waals surface area contributed by atoms with Crippen molar-refractivity contribution in [1.82, 2.24) is 24.9 Å². The van der Waals surface area contributed by atoms with Crippen molar-refractivity contribution in [2.75, 3.05) is 18.0 Å². The van der Waals surface area contributed by atoms with Gasteiger partial charge in [-0.1, -0.05) is 30.3 Å². The summed E-state index contributed by atoms with van der Waals surface area (Å²) in [7, 11) is 0. The van der Waals surface area contributed by atoms with Gasteiger partial charge < -0.3 is 10.2 Å². The molecule has 10 heteroatoms. The molecule has 1 fully saturated rings. The van der Waals surface area contributed by atoms with Crippen LogP contribution in [0, 0.1) is 6.92 Å². The van der Waals surface area contributed by atoms with Crippen molar-refractivity contribution in [2.24, 2.45) is 0 Å². The zero-order valence-corrected chi connectivity index (χ0v) is 14.9. The summed E-state index contributed by atoms with van der Waals surface area (Å²) in [5.74, 6) is -1.08. The van der Waals surface area contributed by atoms with Crippen LogP contribution in [0.3, 0.4) is 0 Å². The highest BCUT2D eigenvalue weighted by molar-refractivity contribution is 5.78. The molecule has 1 atom stereocenters. The van der Waals surface area contributed by atoms with Gasteiger partial charge in [0.05, 0.1) is 12.5 Å². The minimum atomic E-state index is -4.67.